The number of rotatable bonds is 0. The Morgan fingerprint density at radius 3 is 1.52 bits per heavy atom. The second kappa shape index (κ2) is 37.7. The van der Waals surface area contributed by atoms with Crippen molar-refractivity contribution >= 4 is 25.4 Å². The van der Waals surface area contributed by atoms with Crippen LogP contribution in [0, 0.1) is 340 Å². The molecule has 0 fully saturated rings. The van der Waals surface area contributed by atoms with Gasteiger partial charge in [-0.3, -0.25) is 4.98 Å². The van der Waals surface area contributed by atoms with E-state index >= 15 is 0 Å². The van der Waals surface area contributed by atoms with Crippen LogP contribution >= 0.6 is 9.24 Å². The summed E-state index contributed by atoms with van der Waals surface area (Å²) in [7, 11) is 2.63. The maximum atomic E-state index is 4.17. The predicted octanol–water partition coefficient (Wildman–Crippen LogP) is 2.37. The number of benzene rings is 1. The maximum Gasteiger partial charge on any atom is 0.0646 e. The van der Waals surface area contributed by atoms with E-state index in [0.29, 0.717) is 0 Å². The Hall–Kier alpha value is 10.4. The third kappa shape index (κ3) is 24.9. The van der Waals surface area contributed by atoms with Crippen molar-refractivity contribution in [2.75, 3.05) is 0 Å². The van der Waals surface area contributed by atoms with E-state index < -0.39 is 0 Å². The van der Waals surface area contributed by atoms with Crippen LogP contribution in [0.2, 0.25) is 0 Å². The number of nitrogens with zero attached hydrogens (tertiary/aromatic N) is 1. The summed E-state index contributed by atoms with van der Waals surface area (Å²) in [6.45, 7) is 0. The SMILES string of the molecule is C.Pc1nccc2ccccc12.[Ar].[Ar].[Ar].[Ar].[Ar].[Ar].[Ar].[Ar].[Ar]. The van der Waals surface area contributed by atoms with Gasteiger partial charge in [0.15, 0.2) is 0 Å². The van der Waals surface area contributed by atoms with E-state index in [1.165, 1.54) is 10.8 Å². The molecule has 2 rings (SSSR count). The Kier molecular flexibility index (Phi) is 104. The molecule has 11 heteroatoms. The summed E-state index contributed by atoms with van der Waals surface area (Å²) in [6.07, 6.45) is 1.82. The number of aromatic nitrogens is 1. The first-order chi connectivity index (χ1) is 5.38. The van der Waals surface area contributed by atoms with Crippen LogP contribution in [-0.2, 0) is 0 Å². The molecule has 0 N–H and O–H groups in total. The second-order valence-corrected chi connectivity index (χ2v) is 2.96. The van der Waals surface area contributed by atoms with Gasteiger partial charge in [0.25, 0.3) is 0 Å². The Labute approximate surface area is 400 Å². The molecule has 1 aromatic carbocycles. The Morgan fingerprint density at radius 1 is 0.667 bits per heavy atom. The van der Waals surface area contributed by atoms with Gasteiger partial charge in [-0.2, -0.15) is 0 Å². The molecule has 0 saturated heterocycles. The van der Waals surface area contributed by atoms with E-state index in [2.05, 4.69) is 26.4 Å². The van der Waals surface area contributed by atoms with E-state index in [4.69, 9.17) is 0 Å². The van der Waals surface area contributed by atoms with Crippen LogP contribution in [0.15, 0.2) is 36.5 Å². The van der Waals surface area contributed by atoms with E-state index in [1.54, 1.807) is 0 Å². The van der Waals surface area contributed by atoms with Gasteiger partial charge in [0.05, 0.1) is 5.44 Å². The van der Waals surface area contributed by atoms with Crippen molar-refractivity contribution in [2.24, 2.45) is 0 Å². The Balaban J connectivity index is -0.0000000206. The third-order valence-corrected chi connectivity index (χ3v) is 2.16. The average molecular weight is 537 g/mol. The van der Waals surface area contributed by atoms with Crippen molar-refractivity contribution in [1.29, 1.82) is 0 Å². The zero-order valence-electron chi connectivity index (χ0n) is 9.17. The summed E-state index contributed by atoms with van der Waals surface area (Å²) in [4.78, 5) is 4.17. The van der Waals surface area contributed by atoms with E-state index in [-0.39, 0.29) is 347 Å². The fraction of sp³-hybridized carbons (Fsp3) is 0.100. The molecule has 0 radical (unpaired) electrons. The molecule has 0 spiro atoms. The molecule has 1 unspecified atom stereocenters. The molecular weight excluding hydrogens is 525 g/mol. The first-order valence-electron chi connectivity index (χ1n) is 3.47. The van der Waals surface area contributed by atoms with Gasteiger partial charge in [-0.25, -0.2) is 0 Å². The normalized spacial score (nSPS) is 5.38. The first kappa shape index (κ1) is 57.8. The summed E-state index contributed by atoms with van der Waals surface area (Å²) >= 11 is 0. The van der Waals surface area contributed by atoms with Gasteiger partial charge >= 0.3 is 0 Å². The van der Waals surface area contributed by atoms with Gasteiger partial charge in [-0.05, 0) is 11.5 Å². The van der Waals surface area contributed by atoms with Crippen LogP contribution in [0.1, 0.15) is 7.43 Å². The van der Waals surface area contributed by atoms with Crippen molar-refractivity contribution in [3.63, 3.8) is 0 Å². The molecule has 134 valence electrons. The zero-order valence-corrected chi connectivity index (χ0v) is 16.7. The molecule has 0 bridgehead atoms. The molecule has 1 aromatic heterocycles. The fourth-order valence-corrected chi connectivity index (χ4v) is 1.49. The summed E-state index contributed by atoms with van der Waals surface area (Å²) in [5, 5.41) is 2.45. The molecule has 0 saturated carbocycles. The second-order valence-electron chi connectivity index (χ2n) is 2.42. The van der Waals surface area contributed by atoms with Crippen molar-refractivity contribution in [1.82, 2.24) is 4.98 Å². The van der Waals surface area contributed by atoms with Crippen molar-refractivity contribution in [3.05, 3.63) is 36.5 Å². The average Bonchev–Trinajstić information content (AvgIpc) is 2.06. The van der Waals surface area contributed by atoms with Crippen molar-refractivity contribution < 1.29 is 340 Å². The van der Waals surface area contributed by atoms with Crippen molar-refractivity contribution in [2.45, 2.75) is 7.43 Å². The molecule has 0 aliphatic carbocycles. The van der Waals surface area contributed by atoms with Gasteiger partial charge in [0.2, 0.25) is 0 Å². The topological polar surface area (TPSA) is 12.9 Å². The molecule has 0 amide bonds. The molecule has 2 aromatic rings. The van der Waals surface area contributed by atoms with Crippen LogP contribution in [0.4, 0.5) is 0 Å². The minimum atomic E-state index is 0. The summed E-state index contributed by atoms with van der Waals surface area (Å²) < 4.78 is 0. The van der Waals surface area contributed by atoms with Crippen LogP contribution < -0.4 is 5.44 Å². The van der Waals surface area contributed by atoms with E-state index in [0.717, 1.165) is 5.44 Å². The maximum absolute atomic E-state index is 4.17. The van der Waals surface area contributed by atoms with Gasteiger partial charge in [-0.15, -0.1) is 0 Å². The molecule has 21 heavy (non-hydrogen) atoms. The van der Waals surface area contributed by atoms with E-state index in [9.17, 15) is 0 Å². The predicted molar refractivity (Wildman–Crippen MR) is 57.8 cm³/mol. The molecule has 0 aliphatic rings. The Morgan fingerprint density at radius 2 is 1.10 bits per heavy atom. The van der Waals surface area contributed by atoms with Crippen LogP contribution in [0.3, 0.4) is 0 Å². The molecular formula is C10H12Ar9NP. The summed E-state index contributed by atoms with van der Waals surface area (Å²) in [6, 6.07) is 10.2. The van der Waals surface area contributed by atoms with Crippen LogP contribution in [0.5, 0.6) is 0 Å². The largest absolute Gasteiger partial charge is 0.256 e. The van der Waals surface area contributed by atoms with Gasteiger partial charge < -0.3 is 0 Å². The summed E-state index contributed by atoms with van der Waals surface area (Å²) in [5.74, 6) is 0. The molecule has 1 heterocycles. The van der Waals surface area contributed by atoms with Crippen LogP contribution in [-0.4, -0.2) is 4.98 Å². The first-order valence-corrected chi connectivity index (χ1v) is 4.05. The minimum Gasteiger partial charge on any atom is -0.256 e. The van der Waals surface area contributed by atoms with Gasteiger partial charge in [-0.1, -0.05) is 40.9 Å². The monoisotopic (exact) mass is 537 g/mol. The van der Waals surface area contributed by atoms with Gasteiger partial charge in [0.1, 0.15) is 0 Å². The number of hydrogen-bond donors (Lipinski definition) is 0. The smallest absolute Gasteiger partial charge is 0.0646 e. The molecule has 0 aliphatic heterocycles. The van der Waals surface area contributed by atoms with Crippen molar-refractivity contribution in [3.8, 4) is 0 Å². The number of pyridine rings is 1. The molecule has 1 nitrogen and oxygen atoms in total. The summed E-state index contributed by atoms with van der Waals surface area (Å²) in [5.41, 5.74) is 1.02. The quantitative estimate of drug-likeness (QED) is 0.472. The molecule has 1 atom stereocenters. The van der Waals surface area contributed by atoms with E-state index in [1.807, 2.05) is 24.4 Å². The number of fused-ring (bicyclic) bond motifs is 1. The van der Waals surface area contributed by atoms with Crippen LogP contribution in [0.25, 0.3) is 10.8 Å². The third-order valence-electron chi connectivity index (χ3n) is 1.70. The fourth-order valence-electron chi connectivity index (χ4n) is 1.14. The minimum absolute atomic E-state index is 0. The standard InChI is InChI=1S/C9H8NP.CH4.9Ar/c11-9-8-4-2-1-3-7(8)5-6-10-9;;;;;;;;;;/h1-6H,11H2;1H4;;;;;;;;;. The zero-order chi connectivity index (χ0) is 7.68. The van der Waals surface area contributed by atoms with Gasteiger partial charge in [0, 0.05) is 351 Å². The Bertz CT molecular complexity index is 400. The number of hydrogen-bond acceptors (Lipinski definition) is 1.